The van der Waals surface area contributed by atoms with Gasteiger partial charge < -0.3 is 5.32 Å². The summed E-state index contributed by atoms with van der Waals surface area (Å²) in [4.78, 5) is 2.86. The fraction of sp³-hybridized carbons (Fsp3) is 0.375. The molecule has 0 aliphatic heterocycles. The maximum absolute atomic E-state index is 3.64. The van der Waals surface area contributed by atoms with Crippen molar-refractivity contribution in [3.05, 3.63) is 55.7 Å². The largest absolute Gasteiger partial charge is 0.309 e. The SMILES string of the molecule is CCNC(Cc1ccccc1Br)c1cc(C)c(C)s1. The van der Waals surface area contributed by atoms with Crippen LogP contribution in [0.3, 0.4) is 0 Å². The molecule has 1 heterocycles. The van der Waals surface area contributed by atoms with Gasteiger partial charge in [-0.25, -0.2) is 0 Å². The lowest BCUT2D eigenvalue weighted by Crippen LogP contribution is -2.22. The average Bonchev–Trinajstić information content (AvgIpc) is 2.72. The molecule has 1 unspecified atom stereocenters. The molecule has 0 saturated carbocycles. The van der Waals surface area contributed by atoms with Crippen LogP contribution in [0.1, 0.15) is 33.8 Å². The van der Waals surface area contributed by atoms with Crippen molar-refractivity contribution in [2.75, 3.05) is 6.54 Å². The van der Waals surface area contributed by atoms with Crippen LogP contribution in [0.25, 0.3) is 0 Å². The molecule has 2 rings (SSSR count). The number of benzene rings is 1. The molecule has 19 heavy (non-hydrogen) atoms. The van der Waals surface area contributed by atoms with Crippen LogP contribution in [0.15, 0.2) is 34.8 Å². The second-order valence-electron chi connectivity index (χ2n) is 4.79. The lowest BCUT2D eigenvalue weighted by Gasteiger charge is -2.17. The van der Waals surface area contributed by atoms with Gasteiger partial charge in [0.05, 0.1) is 0 Å². The van der Waals surface area contributed by atoms with Crippen molar-refractivity contribution in [2.24, 2.45) is 0 Å². The molecule has 102 valence electrons. The molecule has 0 spiro atoms. The van der Waals surface area contributed by atoms with E-state index in [-0.39, 0.29) is 0 Å². The maximum Gasteiger partial charge on any atom is 0.0456 e. The first-order valence-corrected chi connectivity index (χ1v) is 8.26. The first-order chi connectivity index (χ1) is 9.11. The van der Waals surface area contributed by atoms with E-state index >= 15 is 0 Å². The molecule has 3 heteroatoms. The van der Waals surface area contributed by atoms with Crippen molar-refractivity contribution in [3.8, 4) is 0 Å². The molecule has 1 N–H and O–H groups in total. The van der Waals surface area contributed by atoms with Gasteiger partial charge in [-0.2, -0.15) is 0 Å². The van der Waals surface area contributed by atoms with Gasteiger partial charge in [0, 0.05) is 20.3 Å². The molecule has 0 radical (unpaired) electrons. The zero-order valence-electron chi connectivity index (χ0n) is 11.7. The summed E-state index contributed by atoms with van der Waals surface area (Å²) < 4.78 is 1.20. The van der Waals surface area contributed by atoms with E-state index in [2.05, 4.69) is 72.3 Å². The number of rotatable bonds is 5. The van der Waals surface area contributed by atoms with Crippen LogP contribution in [-0.4, -0.2) is 6.54 Å². The minimum Gasteiger partial charge on any atom is -0.309 e. The summed E-state index contributed by atoms with van der Waals surface area (Å²) in [5.74, 6) is 0. The lowest BCUT2D eigenvalue weighted by molar-refractivity contribution is 0.557. The predicted molar refractivity (Wildman–Crippen MR) is 88.1 cm³/mol. The van der Waals surface area contributed by atoms with Gasteiger partial charge in [0.25, 0.3) is 0 Å². The molecular formula is C16H20BrNS. The van der Waals surface area contributed by atoms with E-state index in [0.29, 0.717) is 6.04 Å². The highest BCUT2D eigenvalue weighted by Crippen LogP contribution is 2.30. The minimum absolute atomic E-state index is 0.404. The fourth-order valence-corrected chi connectivity index (χ4v) is 3.74. The zero-order chi connectivity index (χ0) is 13.8. The van der Waals surface area contributed by atoms with Gasteiger partial charge in [-0.05, 0) is 50.1 Å². The second kappa shape index (κ2) is 6.69. The highest BCUT2D eigenvalue weighted by molar-refractivity contribution is 9.10. The number of likely N-dealkylation sites (N-methyl/N-ethyl adjacent to an activating group) is 1. The van der Waals surface area contributed by atoms with Gasteiger partial charge in [0.2, 0.25) is 0 Å². The minimum atomic E-state index is 0.404. The maximum atomic E-state index is 3.64. The van der Waals surface area contributed by atoms with Crippen molar-refractivity contribution in [1.29, 1.82) is 0 Å². The number of aryl methyl sites for hydroxylation is 2. The smallest absolute Gasteiger partial charge is 0.0456 e. The molecule has 1 aromatic carbocycles. The van der Waals surface area contributed by atoms with Crippen LogP contribution in [0.2, 0.25) is 0 Å². The van der Waals surface area contributed by atoms with Crippen LogP contribution >= 0.6 is 27.3 Å². The van der Waals surface area contributed by atoms with Crippen molar-refractivity contribution < 1.29 is 0 Å². The summed E-state index contributed by atoms with van der Waals surface area (Å²) in [5.41, 5.74) is 2.76. The number of halogens is 1. The second-order valence-corrected chi connectivity index (χ2v) is 6.94. The van der Waals surface area contributed by atoms with E-state index in [0.717, 1.165) is 13.0 Å². The average molecular weight is 338 g/mol. The molecule has 2 aromatic rings. The summed E-state index contributed by atoms with van der Waals surface area (Å²) >= 11 is 5.55. The molecule has 0 bridgehead atoms. The first kappa shape index (κ1) is 14.8. The van der Waals surface area contributed by atoms with Crippen LogP contribution < -0.4 is 5.32 Å². The van der Waals surface area contributed by atoms with Crippen LogP contribution in [0.5, 0.6) is 0 Å². The van der Waals surface area contributed by atoms with Gasteiger partial charge in [-0.1, -0.05) is 41.1 Å². The highest BCUT2D eigenvalue weighted by atomic mass is 79.9. The number of thiophene rings is 1. The Morgan fingerprint density at radius 1 is 1.26 bits per heavy atom. The summed E-state index contributed by atoms with van der Waals surface area (Å²) in [6.07, 6.45) is 1.02. The Bertz CT molecular complexity index is 528. The van der Waals surface area contributed by atoms with E-state index in [1.54, 1.807) is 0 Å². The summed E-state index contributed by atoms with van der Waals surface area (Å²) in [7, 11) is 0. The molecule has 0 saturated heterocycles. The molecule has 0 aliphatic carbocycles. The Balaban J connectivity index is 2.23. The standard InChI is InChI=1S/C16H20BrNS/c1-4-18-15(16-9-11(2)12(3)19-16)10-13-7-5-6-8-14(13)17/h5-9,15,18H,4,10H2,1-3H3. The Labute approximate surface area is 128 Å². The number of nitrogens with one attached hydrogen (secondary N) is 1. The number of hydrogen-bond acceptors (Lipinski definition) is 2. The highest BCUT2D eigenvalue weighted by Gasteiger charge is 2.15. The van der Waals surface area contributed by atoms with Crippen LogP contribution in [0, 0.1) is 13.8 Å². The Hall–Kier alpha value is -0.640. The lowest BCUT2D eigenvalue weighted by atomic mass is 10.0. The number of hydrogen-bond donors (Lipinski definition) is 1. The van der Waals surface area contributed by atoms with Crippen molar-refractivity contribution >= 4 is 27.3 Å². The summed E-state index contributed by atoms with van der Waals surface area (Å²) in [6, 6.07) is 11.2. The van der Waals surface area contributed by atoms with E-state index < -0.39 is 0 Å². The molecule has 1 nitrogen and oxygen atoms in total. The molecule has 0 fully saturated rings. The third kappa shape index (κ3) is 3.68. The summed E-state index contributed by atoms with van der Waals surface area (Å²) in [6.45, 7) is 7.55. The predicted octanol–water partition coefficient (Wildman–Crippen LogP) is 5.02. The van der Waals surface area contributed by atoms with Crippen molar-refractivity contribution in [1.82, 2.24) is 5.32 Å². The third-order valence-electron chi connectivity index (χ3n) is 3.36. The first-order valence-electron chi connectivity index (χ1n) is 6.65. The molecular weight excluding hydrogens is 318 g/mol. The van der Waals surface area contributed by atoms with E-state index in [1.807, 2.05) is 11.3 Å². The zero-order valence-corrected chi connectivity index (χ0v) is 14.1. The molecule has 1 aromatic heterocycles. The summed E-state index contributed by atoms with van der Waals surface area (Å²) in [5, 5.41) is 3.60. The molecule has 1 atom stereocenters. The quantitative estimate of drug-likeness (QED) is 0.807. The third-order valence-corrected chi connectivity index (χ3v) is 5.40. The van der Waals surface area contributed by atoms with Crippen LogP contribution in [-0.2, 0) is 6.42 Å². The van der Waals surface area contributed by atoms with Crippen molar-refractivity contribution in [3.63, 3.8) is 0 Å². The fourth-order valence-electron chi connectivity index (χ4n) is 2.18. The monoisotopic (exact) mass is 337 g/mol. The topological polar surface area (TPSA) is 12.0 Å². The van der Waals surface area contributed by atoms with Gasteiger partial charge in [-0.15, -0.1) is 11.3 Å². The van der Waals surface area contributed by atoms with Crippen molar-refractivity contribution in [2.45, 2.75) is 33.2 Å². The molecule has 0 amide bonds. The van der Waals surface area contributed by atoms with Gasteiger partial charge in [0.15, 0.2) is 0 Å². The van der Waals surface area contributed by atoms with Gasteiger partial charge in [-0.3, -0.25) is 0 Å². The van der Waals surface area contributed by atoms with Gasteiger partial charge in [0.1, 0.15) is 0 Å². The van der Waals surface area contributed by atoms with Crippen LogP contribution in [0.4, 0.5) is 0 Å². The Morgan fingerprint density at radius 3 is 2.58 bits per heavy atom. The van der Waals surface area contributed by atoms with Gasteiger partial charge >= 0.3 is 0 Å². The molecule has 0 aliphatic rings. The Morgan fingerprint density at radius 2 is 2.00 bits per heavy atom. The normalized spacial score (nSPS) is 12.6. The van der Waals surface area contributed by atoms with E-state index in [4.69, 9.17) is 0 Å². The van der Waals surface area contributed by atoms with E-state index in [1.165, 1.54) is 25.4 Å². The van der Waals surface area contributed by atoms with E-state index in [9.17, 15) is 0 Å². The Kier molecular flexibility index (Phi) is 5.20.